The van der Waals surface area contributed by atoms with Gasteiger partial charge in [0.25, 0.3) is 0 Å². The van der Waals surface area contributed by atoms with E-state index in [1.54, 1.807) is 0 Å². The molecule has 0 saturated carbocycles. The number of hydrogen-bond donors (Lipinski definition) is 0. The number of rotatable bonds is 0. The van der Waals surface area contributed by atoms with Crippen molar-refractivity contribution in [1.29, 1.82) is 0 Å². The van der Waals surface area contributed by atoms with Crippen LogP contribution >= 0.6 is 39.1 Å². The van der Waals surface area contributed by atoms with Crippen molar-refractivity contribution >= 4 is 39.1 Å². The highest BCUT2D eigenvalue weighted by molar-refractivity contribution is 9.10. The first-order valence-corrected chi connectivity index (χ1v) is 4.59. The lowest BCUT2D eigenvalue weighted by atomic mass is 10.2. The molecule has 0 heterocycles. The van der Waals surface area contributed by atoms with Gasteiger partial charge in [0, 0.05) is 4.47 Å². The average Bonchev–Trinajstić information content (AvgIpc) is 1.97. The summed E-state index contributed by atoms with van der Waals surface area (Å²) in [6.45, 7) is 0. The Morgan fingerprint density at radius 1 is 1.15 bits per heavy atom. The lowest BCUT2D eigenvalue weighted by molar-refractivity contribution is -0.137. The van der Waals surface area contributed by atoms with Gasteiger partial charge in [0.1, 0.15) is 0 Å². The molecule has 0 N–H and O–H groups in total. The van der Waals surface area contributed by atoms with Crippen LogP contribution in [0.5, 0.6) is 0 Å². The molecule has 0 radical (unpaired) electrons. The van der Waals surface area contributed by atoms with Crippen molar-refractivity contribution in [2.24, 2.45) is 0 Å². The standard InChI is InChI=1S/C7H2BrCl2F3/c8-4-1-3(7(11,12)13)2-5(9)6(4)10/h1-2H. The largest absolute Gasteiger partial charge is 0.416 e. The molecule has 0 amide bonds. The minimum atomic E-state index is -4.41. The minimum absolute atomic E-state index is 0.0784. The first-order chi connectivity index (χ1) is 5.82. The summed E-state index contributed by atoms with van der Waals surface area (Å²) in [6, 6.07) is 1.67. The molecule has 0 aliphatic heterocycles. The van der Waals surface area contributed by atoms with Gasteiger partial charge in [0.05, 0.1) is 15.6 Å². The quantitative estimate of drug-likeness (QED) is 0.604. The van der Waals surface area contributed by atoms with Crippen molar-refractivity contribution in [2.45, 2.75) is 6.18 Å². The molecule has 0 nitrogen and oxygen atoms in total. The van der Waals surface area contributed by atoms with Crippen molar-refractivity contribution in [3.8, 4) is 0 Å². The van der Waals surface area contributed by atoms with Gasteiger partial charge in [-0.05, 0) is 28.1 Å². The van der Waals surface area contributed by atoms with Gasteiger partial charge in [-0.1, -0.05) is 23.2 Å². The van der Waals surface area contributed by atoms with E-state index in [9.17, 15) is 13.2 Å². The van der Waals surface area contributed by atoms with Gasteiger partial charge in [0.15, 0.2) is 0 Å². The van der Waals surface area contributed by atoms with Crippen LogP contribution in [0, 0.1) is 0 Å². The highest BCUT2D eigenvalue weighted by atomic mass is 79.9. The maximum Gasteiger partial charge on any atom is 0.416 e. The Morgan fingerprint density at radius 2 is 1.69 bits per heavy atom. The fourth-order valence-corrected chi connectivity index (χ4v) is 1.62. The predicted molar refractivity (Wildman–Crippen MR) is 49.2 cm³/mol. The summed E-state index contributed by atoms with van der Waals surface area (Å²) < 4.78 is 36.6. The van der Waals surface area contributed by atoms with E-state index in [4.69, 9.17) is 23.2 Å². The molecule has 6 heteroatoms. The first-order valence-electron chi connectivity index (χ1n) is 3.04. The van der Waals surface area contributed by atoms with E-state index in [1.807, 2.05) is 0 Å². The van der Waals surface area contributed by atoms with Crippen LogP contribution in [0.3, 0.4) is 0 Å². The minimum Gasteiger partial charge on any atom is -0.166 e. The summed E-state index contributed by atoms with van der Waals surface area (Å²) in [5.74, 6) is 0. The van der Waals surface area contributed by atoms with E-state index >= 15 is 0 Å². The maximum absolute atomic E-state index is 12.2. The van der Waals surface area contributed by atoms with Gasteiger partial charge in [-0.2, -0.15) is 13.2 Å². The zero-order valence-corrected chi connectivity index (χ0v) is 9.02. The van der Waals surface area contributed by atoms with Gasteiger partial charge in [-0.15, -0.1) is 0 Å². The zero-order chi connectivity index (χ0) is 10.2. The van der Waals surface area contributed by atoms with Crippen molar-refractivity contribution in [3.63, 3.8) is 0 Å². The molecule has 72 valence electrons. The third kappa shape index (κ3) is 2.51. The summed E-state index contributed by atoms with van der Waals surface area (Å²) in [4.78, 5) is 0. The molecule has 0 bridgehead atoms. The second-order valence-electron chi connectivity index (χ2n) is 2.25. The Labute approximate surface area is 90.8 Å². The van der Waals surface area contributed by atoms with Crippen molar-refractivity contribution < 1.29 is 13.2 Å². The average molecular weight is 294 g/mol. The van der Waals surface area contributed by atoms with Gasteiger partial charge >= 0.3 is 6.18 Å². The molecule has 0 unspecified atom stereocenters. The SMILES string of the molecule is FC(F)(F)c1cc(Cl)c(Cl)c(Br)c1. The second kappa shape index (κ2) is 3.67. The fraction of sp³-hybridized carbons (Fsp3) is 0.143. The number of alkyl halides is 3. The molecule has 0 aliphatic carbocycles. The number of hydrogen-bond acceptors (Lipinski definition) is 0. The van der Waals surface area contributed by atoms with Crippen LogP contribution in [-0.4, -0.2) is 0 Å². The van der Waals surface area contributed by atoms with Crippen LogP contribution in [0.4, 0.5) is 13.2 Å². The van der Waals surface area contributed by atoms with Gasteiger partial charge in [-0.25, -0.2) is 0 Å². The molecule has 0 spiro atoms. The number of halogens is 6. The van der Waals surface area contributed by atoms with Crippen molar-refractivity contribution in [3.05, 3.63) is 32.2 Å². The molecule has 1 aromatic carbocycles. The lowest BCUT2D eigenvalue weighted by Crippen LogP contribution is -2.04. The molecule has 0 aromatic heterocycles. The summed E-state index contributed by atoms with van der Waals surface area (Å²) >= 11 is 13.9. The number of benzene rings is 1. The Hall–Kier alpha value is 0.0700. The van der Waals surface area contributed by atoms with Gasteiger partial charge in [-0.3, -0.25) is 0 Å². The maximum atomic E-state index is 12.2. The Morgan fingerprint density at radius 3 is 2.08 bits per heavy atom. The third-order valence-corrected chi connectivity index (χ3v) is 2.97. The Kier molecular flexibility index (Phi) is 3.15. The van der Waals surface area contributed by atoms with Crippen molar-refractivity contribution in [1.82, 2.24) is 0 Å². The van der Waals surface area contributed by atoms with E-state index in [0.717, 1.165) is 12.1 Å². The van der Waals surface area contributed by atoms with Crippen LogP contribution in [-0.2, 0) is 6.18 Å². The van der Waals surface area contributed by atoms with Crippen LogP contribution in [0.1, 0.15) is 5.56 Å². The smallest absolute Gasteiger partial charge is 0.166 e. The molecule has 1 rings (SSSR count). The van der Waals surface area contributed by atoms with Crippen LogP contribution in [0.2, 0.25) is 10.0 Å². The van der Waals surface area contributed by atoms with Crippen LogP contribution in [0.15, 0.2) is 16.6 Å². The molecule has 1 aromatic rings. The molecule has 13 heavy (non-hydrogen) atoms. The topological polar surface area (TPSA) is 0 Å². The molecule has 0 atom stereocenters. The third-order valence-electron chi connectivity index (χ3n) is 1.31. The van der Waals surface area contributed by atoms with Crippen molar-refractivity contribution in [2.75, 3.05) is 0 Å². The van der Waals surface area contributed by atoms with E-state index in [-0.39, 0.29) is 14.5 Å². The molecule has 0 saturated heterocycles. The fourth-order valence-electron chi connectivity index (χ4n) is 0.719. The van der Waals surface area contributed by atoms with E-state index < -0.39 is 11.7 Å². The van der Waals surface area contributed by atoms with Crippen LogP contribution < -0.4 is 0 Å². The van der Waals surface area contributed by atoms with E-state index in [0.29, 0.717) is 0 Å². The lowest BCUT2D eigenvalue weighted by Gasteiger charge is -2.08. The van der Waals surface area contributed by atoms with E-state index in [2.05, 4.69) is 15.9 Å². The molecule has 0 fully saturated rings. The summed E-state index contributed by atoms with van der Waals surface area (Å²) in [7, 11) is 0. The first kappa shape index (κ1) is 11.1. The summed E-state index contributed by atoms with van der Waals surface area (Å²) in [6.07, 6.45) is -4.41. The zero-order valence-electron chi connectivity index (χ0n) is 5.92. The molecular weight excluding hydrogens is 292 g/mol. The molecule has 0 aliphatic rings. The molecular formula is C7H2BrCl2F3. The highest BCUT2D eigenvalue weighted by Crippen LogP contribution is 2.37. The van der Waals surface area contributed by atoms with Gasteiger partial charge < -0.3 is 0 Å². The van der Waals surface area contributed by atoms with E-state index in [1.165, 1.54) is 0 Å². The monoisotopic (exact) mass is 292 g/mol. The Bertz CT molecular complexity index is 312. The Balaban J connectivity index is 3.29. The normalized spacial score (nSPS) is 11.8. The predicted octanol–water partition coefficient (Wildman–Crippen LogP) is 4.77. The second-order valence-corrected chi connectivity index (χ2v) is 3.89. The summed E-state index contributed by atoms with van der Waals surface area (Å²) in [5.41, 5.74) is -0.825. The summed E-state index contributed by atoms with van der Waals surface area (Å²) in [5, 5.41) is -0.0435. The van der Waals surface area contributed by atoms with Gasteiger partial charge in [0.2, 0.25) is 0 Å². The van der Waals surface area contributed by atoms with Crippen LogP contribution in [0.25, 0.3) is 0 Å². The highest BCUT2D eigenvalue weighted by Gasteiger charge is 2.31.